The van der Waals surface area contributed by atoms with Gasteiger partial charge in [0.25, 0.3) is 5.56 Å². The number of rotatable bonds is 2. The van der Waals surface area contributed by atoms with Crippen molar-refractivity contribution in [3.8, 4) is 0 Å². The number of para-hydroxylation sites is 1. The Kier molecular flexibility index (Phi) is 3.54. The Labute approximate surface area is 147 Å². The standard InChI is InChI=1S/C18H13ClN4O2/c19-10-6-7-12-13(8-10)21-17(22-18(12)25)15-14(24)9-23(16(15)20)11-4-2-1-3-5-11/h1-8H,9,20H2,(H,21,22,25). The molecule has 3 aromatic rings. The molecule has 6 nitrogen and oxygen atoms in total. The van der Waals surface area contributed by atoms with Crippen molar-refractivity contribution >= 4 is 39.5 Å². The molecule has 1 aliphatic rings. The minimum absolute atomic E-state index is 0.0997. The Morgan fingerprint density at radius 1 is 1.12 bits per heavy atom. The van der Waals surface area contributed by atoms with Crippen LogP contribution in [0.1, 0.15) is 5.82 Å². The van der Waals surface area contributed by atoms with Crippen LogP contribution in [-0.4, -0.2) is 22.3 Å². The number of benzene rings is 2. The molecule has 0 saturated carbocycles. The third kappa shape index (κ3) is 2.56. The second-order valence-corrected chi connectivity index (χ2v) is 6.12. The number of carbonyl (C=O) groups is 1. The van der Waals surface area contributed by atoms with E-state index < -0.39 is 0 Å². The first-order chi connectivity index (χ1) is 12.0. The molecular weight excluding hydrogens is 340 g/mol. The Morgan fingerprint density at radius 2 is 1.88 bits per heavy atom. The van der Waals surface area contributed by atoms with Gasteiger partial charge in [0.05, 0.1) is 17.4 Å². The molecule has 1 aliphatic heterocycles. The number of Topliss-reactive ketones (excluding diaryl/α,β-unsaturated/α-hetero) is 1. The number of fused-ring (bicyclic) bond motifs is 1. The zero-order chi connectivity index (χ0) is 17.6. The van der Waals surface area contributed by atoms with Gasteiger partial charge >= 0.3 is 0 Å². The molecule has 0 bridgehead atoms. The summed E-state index contributed by atoms with van der Waals surface area (Å²) in [7, 11) is 0. The van der Waals surface area contributed by atoms with Crippen LogP contribution in [0.15, 0.2) is 59.1 Å². The summed E-state index contributed by atoms with van der Waals surface area (Å²) in [6, 6.07) is 14.1. The monoisotopic (exact) mass is 352 g/mol. The van der Waals surface area contributed by atoms with Gasteiger partial charge in [-0.3, -0.25) is 9.59 Å². The Morgan fingerprint density at radius 3 is 2.64 bits per heavy atom. The topological polar surface area (TPSA) is 92.1 Å². The van der Waals surface area contributed by atoms with Crippen LogP contribution in [0.2, 0.25) is 5.02 Å². The fourth-order valence-corrected chi connectivity index (χ4v) is 3.07. The number of halogens is 1. The lowest BCUT2D eigenvalue weighted by molar-refractivity contribution is -0.112. The van der Waals surface area contributed by atoms with E-state index >= 15 is 0 Å². The van der Waals surface area contributed by atoms with Crippen LogP contribution in [-0.2, 0) is 4.79 Å². The number of hydrogen-bond donors (Lipinski definition) is 2. The van der Waals surface area contributed by atoms with Crippen LogP contribution >= 0.6 is 11.6 Å². The van der Waals surface area contributed by atoms with E-state index in [9.17, 15) is 9.59 Å². The van der Waals surface area contributed by atoms with Crippen LogP contribution in [0.5, 0.6) is 0 Å². The highest BCUT2D eigenvalue weighted by molar-refractivity contribution is 6.31. The highest BCUT2D eigenvalue weighted by Crippen LogP contribution is 2.28. The van der Waals surface area contributed by atoms with Gasteiger partial charge in [0.15, 0.2) is 5.78 Å². The Balaban J connectivity index is 1.88. The van der Waals surface area contributed by atoms with E-state index in [0.717, 1.165) is 5.69 Å². The number of anilines is 1. The molecule has 2 heterocycles. The van der Waals surface area contributed by atoms with Gasteiger partial charge in [0.1, 0.15) is 17.2 Å². The van der Waals surface area contributed by atoms with E-state index in [0.29, 0.717) is 15.9 Å². The molecule has 0 amide bonds. The van der Waals surface area contributed by atoms with Crippen LogP contribution in [0.25, 0.3) is 16.5 Å². The molecule has 0 atom stereocenters. The molecule has 4 rings (SSSR count). The van der Waals surface area contributed by atoms with Crippen molar-refractivity contribution in [3.63, 3.8) is 0 Å². The highest BCUT2D eigenvalue weighted by atomic mass is 35.5. The minimum Gasteiger partial charge on any atom is -0.384 e. The maximum atomic E-state index is 12.5. The molecule has 1 aromatic heterocycles. The zero-order valence-corrected chi connectivity index (χ0v) is 13.7. The fraction of sp³-hybridized carbons (Fsp3) is 0.0556. The zero-order valence-electron chi connectivity index (χ0n) is 13.0. The number of H-pyrrole nitrogens is 1. The normalized spacial score (nSPS) is 14.6. The van der Waals surface area contributed by atoms with Crippen molar-refractivity contribution in [1.29, 1.82) is 0 Å². The van der Waals surface area contributed by atoms with Crippen molar-refractivity contribution in [2.45, 2.75) is 0 Å². The van der Waals surface area contributed by atoms with E-state index in [1.807, 2.05) is 30.3 Å². The van der Waals surface area contributed by atoms with E-state index in [4.69, 9.17) is 17.3 Å². The predicted octanol–water partition coefficient (Wildman–Crippen LogP) is 2.29. The first-order valence-electron chi connectivity index (χ1n) is 7.60. The van der Waals surface area contributed by atoms with E-state index in [2.05, 4.69) is 9.97 Å². The number of aromatic nitrogens is 2. The number of hydrogen-bond acceptors (Lipinski definition) is 5. The van der Waals surface area contributed by atoms with Gasteiger partial charge in [0.2, 0.25) is 0 Å². The summed E-state index contributed by atoms with van der Waals surface area (Å²) >= 11 is 5.98. The van der Waals surface area contributed by atoms with Gasteiger partial charge in [-0.05, 0) is 30.3 Å². The van der Waals surface area contributed by atoms with Gasteiger partial charge in [-0.25, -0.2) is 4.98 Å². The van der Waals surface area contributed by atoms with Crippen molar-refractivity contribution in [1.82, 2.24) is 9.97 Å². The molecular formula is C18H13ClN4O2. The summed E-state index contributed by atoms with van der Waals surface area (Å²) < 4.78 is 0. The van der Waals surface area contributed by atoms with Gasteiger partial charge in [0, 0.05) is 10.7 Å². The summed E-state index contributed by atoms with van der Waals surface area (Å²) in [6.07, 6.45) is 0. The lowest BCUT2D eigenvalue weighted by Gasteiger charge is -2.18. The number of nitrogens with two attached hydrogens (primary N) is 1. The predicted molar refractivity (Wildman–Crippen MR) is 97.3 cm³/mol. The number of nitrogens with zero attached hydrogens (tertiary/aromatic N) is 2. The number of aromatic amines is 1. The van der Waals surface area contributed by atoms with Crippen LogP contribution in [0.3, 0.4) is 0 Å². The smallest absolute Gasteiger partial charge is 0.259 e. The van der Waals surface area contributed by atoms with Crippen molar-refractivity contribution in [2.75, 3.05) is 11.4 Å². The summed E-state index contributed by atoms with van der Waals surface area (Å²) in [5.74, 6) is 0.215. The quantitative estimate of drug-likeness (QED) is 0.738. The second kappa shape index (κ2) is 5.75. The molecule has 25 heavy (non-hydrogen) atoms. The van der Waals surface area contributed by atoms with Gasteiger partial charge in [-0.1, -0.05) is 29.8 Å². The maximum Gasteiger partial charge on any atom is 0.259 e. The molecule has 124 valence electrons. The van der Waals surface area contributed by atoms with Crippen LogP contribution in [0, 0.1) is 0 Å². The van der Waals surface area contributed by atoms with E-state index in [1.165, 1.54) is 0 Å². The summed E-state index contributed by atoms with van der Waals surface area (Å²) in [5.41, 5.74) is 7.28. The maximum absolute atomic E-state index is 12.5. The largest absolute Gasteiger partial charge is 0.384 e. The third-order valence-electron chi connectivity index (χ3n) is 4.10. The molecule has 7 heteroatoms. The average molecular weight is 353 g/mol. The first kappa shape index (κ1) is 15.4. The molecule has 0 saturated heterocycles. The molecule has 3 N–H and O–H groups in total. The minimum atomic E-state index is -0.345. The third-order valence-corrected chi connectivity index (χ3v) is 4.34. The van der Waals surface area contributed by atoms with Crippen molar-refractivity contribution in [3.05, 3.63) is 75.6 Å². The molecule has 0 aliphatic carbocycles. The number of nitrogens with one attached hydrogen (secondary N) is 1. The number of ketones is 1. The summed E-state index contributed by atoms with van der Waals surface area (Å²) in [4.78, 5) is 33.5. The Bertz CT molecular complexity index is 1090. The van der Waals surface area contributed by atoms with Crippen LogP contribution < -0.4 is 16.2 Å². The van der Waals surface area contributed by atoms with Crippen molar-refractivity contribution < 1.29 is 4.79 Å². The lowest BCUT2D eigenvalue weighted by Crippen LogP contribution is -2.25. The summed E-state index contributed by atoms with van der Waals surface area (Å²) in [5, 5.41) is 0.861. The molecule has 0 spiro atoms. The van der Waals surface area contributed by atoms with E-state index in [1.54, 1.807) is 23.1 Å². The first-order valence-corrected chi connectivity index (χ1v) is 7.98. The Hall–Kier alpha value is -3.12. The van der Waals surface area contributed by atoms with E-state index in [-0.39, 0.29) is 35.1 Å². The second-order valence-electron chi connectivity index (χ2n) is 5.68. The SMILES string of the molecule is NC1=C(c2nc3cc(Cl)ccc3c(=O)[nH]2)C(=O)CN1c1ccccc1. The van der Waals surface area contributed by atoms with Gasteiger partial charge < -0.3 is 15.6 Å². The van der Waals surface area contributed by atoms with Crippen LogP contribution in [0.4, 0.5) is 5.69 Å². The lowest BCUT2D eigenvalue weighted by atomic mass is 10.1. The van der Waals surface area contributed by atoms with Gasteiger partial charge in [-0.2, -0.15) is 0 Å². The fourth-order valence-electron chi connectivity index (χ4n) is 2.91. The molecule has 0 unspecified atom stereocenters. The van der Waals surface area contributed by atoms with Crippen molar-refractivity contribution in [2.24, 2.45) is 5.73 Å². The highest BCUT2D eigenvalue weighted by Gasteiger charge is 2.31. The van der Waals surface area contributed by atoms with Gasteiger partial charge in [-0.15, -0.1) is 0 Å². The molecule has 0 fully saturated rings. The number of carbonyl (C=O) groups excluding carboxylic acids is 1. The summed E-state index contributed by atoms with van der Waals surface area (Å²) in [6.45, 7) is 0.0997. The molecule has 2 aromatic carbocycles. The molecule has 0 radical (unpaired) electrons. The average Bonchev–Trinajstić information content (AvgIpc) is 2.89.